The molecule has 0 bridgehead atoms. The highest BCUT2D eigenvalue weighted by Crippen LogP contribution is 2.40. The van der Waals surface area contributed by atoms with Crippen LogP contribution in [-0.2, 0) is 0 Å². The molecule has 0 aliphatic carbocycles. The summed E-state index contributed by atoms with van der Waals surface area (Å²) in [5.74, 6) is 0.897. The van der Waals surface area contributed by atoms with Gasteiger partial charge in [0.25, 0.3) is 5.91 Å². The number of hydrogen-bond donors (Lipinski definition) is 2. The van der Waals surface area contributed by atoms with E-state index in [0.717, 1.165) is 32.9 Å². The van der Waals surface area contributed by atoms with Crippen molar-refractivity contribution in [1.82, 2.24) is 15.3 Å². The number of rotatable bonds is 7. The Labute approximate surface area is 197 Å². The summed E-state index contributed by atoms with van der Waals surface area (Å²) < 4.78 is 11.3. The standard InChI is InChI=1S/C28H25N3O3/c1-33-26-13-7-10-20(27(26)34-2)22(21-16-29-24-12-6-4-9-19(21)24)17-30-28(32)25-15-14-18-8-3-5-11-23(18)31-25/h3-16,22,29H,17H2,1-2H3,(H,30,32). The third-order valence-corrected chi connectivity index (χ3v) is 6.10. The smallest absolute Gasteiger partial charge is 0.269 e. The van der Waals surface area contributed by atoms with E-state index in [1.807, 2.05) is 72.9 Å². The fraction of sp³-hybridized carbons (Fsp3) is 0.143. The highest BCUT2D eigenvalue weighted by molar-refractivity contribution is 5.95. The summed E-state index contributed by atoms with van der Waals surface area (Å²) in [5.41, 5.74) is 4.20. The number of aromatic amines is 1. The van der Waals surface area contributed by atoms with Gasteiger partial charge in [-0.3, -0.25) is 4.79 Å². The van der Waals surface area contributed by atoms with Gasteiger partial charge in [-0.15, -0.1) is 0 Å². The number of H-pyrrole nitrogens is 1. The van der Waals surface area contributed by atoms with Crippen LogP contribution >= 0.6 is 0 Å². The topological polar surface area (TPSA) is 76.2 Å². The van der Waals surface area contributed by atoms with Gasteiger partial charge in [-0.2, -0.15) is 0 Å². The predicted octanol–water partition coefficient (Wildman–Crippen LogP) is 5.30. The first-order valence-electron chi connectivity index (χ1n) is 11.1. The molecule has 0 spiro atoms. The van der Waals surface area contributed by atoms with Crippen LogP contribution in [0.2, 0.25) is 0 Å². The Kier molecular flexibility index (Phi) is 5.87. The van der Waals surface area contributed by atoms with Crippen LogP contribution in [0.4, 0.5) is 0 Å². The molecule has 2 N–H and O–H groups in total. The van der Waals surface area contributed by atoms with E-state index in [-0.39, 0.29) is 11.8 Å². The van der Waals surface area contributed by atoms with Crippen LogP contribution in [0.25, 0.3) is 21.8 Å². The number of fused-ring (bicyclic) bond motifs is 2. The van der Waals surface area contributed by atoms with Crippen molar-refractivity contribution >= 4 is 27.7 Å². The second-order valence-electron chi connectivity index (χ2n) is 8.02. The largest absolute Gasteiger partial charge is 0.493 e. The number of nitrogens with zero attached hydrogens (tertiary/aromatic N) is 1. The second-order valence-corrected chi connectivity index (χ2v) is 8.02. The van der Waals surface area contributed by atoms with Crippen LogP contribution in [0.1, 0.15) is 27.5 Å². The first kappa shape index (κ1) is 21.5. The van der Waals surface area contributed by atoms with E-state index >= 15 is 0 Å². The molecule has 2 heterocycles. The molecule has 6 nitrogen and oxygen atoms in total. The lowest BCUT2D eigenvalue weighted by molar-refractivity contribution is 0.0947. The third kappa shape index (κ3) is 3.94. The molecule has 2 aromatic heterocycles. The molecule has 5 rings (SSSR count). The van der Waals surface area contributed by atoms with Gasteiger partial charge in [0.05, 0.1) is 19.7 Å². The van der Waals surface area contributed by atoms with Crippen molar-refractivity contribution in [2.75, 3.05) is 20.8 Å². The minimum atomic E-state index is -0.225. The Morgan fingerprint density at radius 3 is 2.59 bits per heavy atom. The molecule has 1 atom stereocenters. The van der Waals surface area contributed by atoms with Gasteiger partial charge in [-0.25, -0.2) is 4.98 Å². The van der Waals surface area contributed by atoms with Crippen molar-refractivity contribution in [2.24, 2.45) is 0 Å². The Bertz CT molecular complexity index is 1470. The van der Waals surface area contributed by atoms with Gasteiger partial charge < -0.3 is 19.8 Å². The van der Waals surface area contributed by atoms with Gasteiger partial charge >= 0.3 is 0 Å². The van der Waals surface area contributed by atoms with Crippen LogP contribution in [-0.4, -0.2) is 36.6 Å². The summed E-state index contributed by atoms with van der Waals surface area (Å²) in [7, 11) is 3.25. The first-order valence-corrected chi connectivity index (χ1v) is 11.1. The van der Waals surface area contributed by atoms with Gasteiger partial charge in [0, 0.05) is 40.5 Å². The van der Waals surface area contributed by atoms with Gasteiger partial charge in [-0.1, -0.05) is 54.6 Å². The lowest BCUT2D eigenvalue weighted by atomic mass is 9.89. The van der Waals surface area contributed by atoms with Gasteiger partial charge in [0.1, 0.15) is 5.69 Å². The Hall–Kier alpha value is -4.32. The molecule has 0 aliphatic heterocycles. The van der Waals surface area contributed by atoms with E-state index < -0.39 is 0 Å². The summed E-state index contributed by atoms with van der Waals surface area (Å²) in [6, 6.07) is 25.4. The number of nitrogens with one attached hydrogen (secondary N) is 2. The average molecular weight is 452 g/mol. The Balaban J connectivity index is 1.52. The normalized spacial score (nSPS) is 11.9. The van der Waals surface area contributed by atoms with E-state index in [2.05, 4.69) is 21.4 Å². The molecule has 170 valence electrons. The van der Waals surface area contributed by atoms with Crippen molar-refractivity contribution in [2.45, 2.75) is 5.92 Å². The zero-order valence-corrected chi connectivity index (χ0v) is 19.0. The number of carbonyl (C=O) groups excluding carboxylic acids is 1. The van der Waals surface area contributed by atoms with Crippen molar-refractivity contribution in [3.05, 3.63) is 102 Å². The number of carbonyl (C=O) groups is 1. The number of para-hydroxylation sites is 3. The van der Waals surface area contributed by atoms with Gasteiger partial charge in [0.2, 0.25) is 0 Å². The number of ether oxygens (including phenoxy) is 2. The number of methoxy groups -OCH3 is 2. The maximum atomic E-state index is 13.1. The fourth-order valence-electron chi connectivity index (χ4n) is 4.43. The first-order chi connectivity index (χ1) is 16.7. The fourth-order valence-corrected chi connectivity index (χ4v) is 4.43. The molecule has 0 fully saturated rings. The highest BCUT2D eigenvalue weighted by atomic mass is 16.5. The van der Waals surface area contributed by atoms with Crippen molar-refractivity contribution in [3.63, 3.8) is 0 Å². The van der Waals surface area contributed by atoms with E-state index in [9.17, 15) is 4.79 Å². The lowest BCUT2D eigenvalue weighted by Crippen LogP contribution is -2.29. The molecule has 3 aromatic carbocycles. The minimum Gasteiger partial charge on any atom is -0.493 e. The second kappa shape index (κ2) is 9.27. The molecule has 1 unspecified atom stereocenters. The summed E-state index contributed by atoms with van der Waals surface area (Å²) in [5, 5.41) is 5.18. The van der Waals surface area contributed by atoms with E-state index in [1.165, 1.54) is 0 Å². The predicted molar refractivity (Wildman–Crippen MR) is 134 cm³/mol. The minimum absolute atomic E-state index is 0.175. The van der Waals surface area contributed by atoms with Gasteiger partial charge in [0.15, 0.2) is 11.5 Å². The van der Waals surface area contributed by atoms with Crippen LogP contribution in [0.15, 0.2) is 85.1 Å². The lowest BCUT2D eigenvalue weighted by Gasteiger charge is -2.22. The summed E-state index contributed by atoms with van der Waals surface area (Å²) in [6.45, 7) is 0.360. The highest BCUT2D eigenvalue weighted by Gasteiger charge is 2.24. The summed E-state index contributed by atoms with van der Waals surface area (Å²) in [6.07, 6.45) is 1.99. The van der Waals surface area contributed by atoms with Crippen LogP contribution in [0, 0.1) is 0 Å². The number of pyridine rings is 1. The van der Waals surface area contributed by atoms with Crippen LogP contribution < -0.4 is 14.8 Å². The summed E-state index contributed by atoms with van der Waals surface area (Å²) >= 11 is 0. The molecule has 0 aliphatic rings. The molecule has 0 saturated carbocycles. The maximum Gasteiger partial charge on any atom is 0.269 e. The zero-order chi connectivity index (χ0) is 23.5. The third-order valence-electron chi connectivity index (χ3n) is 6.10. The number of aromatic nitrogens is 2. The van der Waals surface area contributed by atoms with E-state index in [0.29, 0.717) is 23.7 Å². The molecular weight excluding hydrogens is 426 g/mol. The SMILES string of the molecule is COc1cccc(C(CNC(=O)c2ccc3ccccc3n2)c2c[nH]c3ccccc23)c1OC. The quantitative estimate of drug-likeness (QED) is 0.352. The molecular formula is C28H25N3O3. The maximum absolute atomic E-state index is 13.1. The molecule has 6 heteroatoms. The monoisotopic (exact) mass is 451 g/mol. The van der Waals surface area contributed by atoms with Gasteiger partial charge in [-0.05, 0) is 29.8 Å². The molecule has 1 amide bonds. The number of hydrogen-bond acceptors (Lipinski definition) is 4. The molecule has 0 saturated heterocycles. The van der Waals surface area contributed by atoms with Crippen molar-refractivity contribution < 1.29 is 14.3 Å². The van der Waals surface area contributed by atoms with E-state index in [1.54, 1.807) is 20.3 Å². The van der Waals surface area contributed by atoms with E-state index in [4.69, 9.17) is 9.47 Å². The molecule has 0 radical (unpaired) electrons. The number of benzene rings is 3. The number of amides is 1. The summed E-state index contributed by atoms with van der Waals surface area (Å²) in [4.78, 5) is 21.0. The van der Waals surface area contributed by atoms with Crippen LogP contribution in [0.3, 0.4) is 0 Å². The average Bonchev–Trinajstić information content (AvgIpc) is 3.32. The zero-order valence-electron chi connectivity index (χ0n) is 19.0. The molecule has 5 aromatic rings. The van der Waals surface area contributed by atoms with Crippen molar-refractivity contribution in [1.29, 1.82) is 0 Å². The Morgan fingerprint density at radius 2 is 1.74 bits per heavy atom. The Morgan fingerprint density at radius 1 is 0.912 bits per heavy atom. The molecule has 34 heavy (non-hydrogen) atoms. The van der Waals surface area contributed by atoms with Crippen LogP contribution in [0.5, 0.6) is 11.5 Å². The van der Waals surface area contributed by atoms with Crippen molar-refractivity contribution in [3.8, 4) is 11.5 Å².